The van der Waals surface area contributed by atoms with Gasteiger partial charge in [0.25, 0.3) is 0 Å². The molecule has 2 bridgehead atoms. The molecule has 3 saturated carbocycles. The first-order valence-electron chi connectivity index (χ1n) is 18.3. The normalized spacial score (nSPS) is 33.7. The first kappa shape index (κ1) is 32.1. The molecule has 0 aromatic rings. The monoisotopic (exact) mass is 611 g/mol. The lowest BCUT2D eigenvalue weighted by Crippen LogP contribution is -2.76. The minimum Gasteiger partial charge on any atom is -0.482 e. The van der Waals surface area contributed by atoms with Crippen LogP contribution >= 0.6 is 0 Å². The van der Waals surface area contributed by atoms with Crippen molar-refractivity contribution in [3.63, 3.8) is 0 Å². The van der Waals surface area contributed by atoms with Crippen LogP contribution in [-0.2, 0) is 23.8 Å². The Morgan fingerprint density at radius 2 is 1.68 bits per heavy atom. The lowest BCUT2D eigenvalue weighted by atomic mass is 9.44. The average Bonchev–Trinajstić information content (AvgIpc) is 3.76. The molecule has 7 heteroatoms. The second-order valence-corrected chi connectivity index (χ2v) is 14.9. The Hall–Kier alpha value is -1.86. The topological polar surface area (TPSA) is 85.3 Å². The Labute approximate surface area is 265 Å². The molecule has 2 saturated heterocycles. The van der Waals surface area contributed by atoms with E-state index in [-0.39, 0.29) is 36.4 Å². The van der Waals surface area contributed by atoms with Gasteiger partial charge in [0.05, 0.1) is 11.0 Å². The zero-order chi connectivity index (χ0) is 30.6. The minimum atomic E-state index is -0.932. The predicted octanol–water partition coefficient (Wildman–Crippen LogP) is 7.37. The third-order valence-corrected chi connectivity index (χ3v) is 12.0. The number of likely N-dealkylation sites (tertiary alicyclic amines) is 1. The van der Waals surface area contributed by atoms with E-state index in [2.05, 4.69) is 17.9 Å². The van der Waals surface area contributed by atoms with Gasteiger partial charge in [0.1, 0.15) is 5.76 Å². The molecule has 4 aliphatic carbocycles. The lowest BCUT2D eigenvalue weighted by molar-refractivity contribution is -0.244. The number of hydrogen-bond acceptors (Lipinski definition) is 7. The molecule has 7 nitrogen and oxygen atoms in total. The number of carbonyl (C=O) groups is 2. The number of hydrogen-bond donors (Lipinski definition) is 1. The highest BCUT2D eigenvalue weighted by atomic mass is 16.7. The van der Waals surface area contributed by atoms with E-state index >= 15 is 0 Å². The molecule has 6 rings (SSSR count). The SMILES string of the molecule is CCCCCCCCCCCCCCCC(=O)OCOC1=C2O[C@H]3C(=O)CC[C@@]4(O)C5CC(C=C1)C2[C@@]34CCN5CC1CC1. The van der Waals surface area contributed by atoms with Crippen molar-refractivity contribution >= 4 is 11.8 Å². The number of rotatable bonds is 19. The molecular formula is C37H57NO6. The van der Waals surface area contributed by atoms with Gasteiger partial charge in [0, 0.05) is 31.3 Å². The zero-order valence-electron chi connectivity index (χ0n) is 27.2. The van der Waals surface area contributed by atoms with Crippen molar-refractivity contribution in [1.29, 1.82) is 0 Å². The summed E-state index contributed by atoms with van der Waals surface area (Å²) in [6, 6.07) is 0.0647. The van der Waals surface area contributed by atoms with Crippen molar-refractivity contribution in [3.05, 3.63) is 23.7 Å². The largest absolute Gasteiger partial charge is 0.482 e. The molecule has 0 aromatic heterocycles. The number of carbonyl (C=O) groups excluding carboxylic acids is 2. The summed E-state index contributed by atoms with van der Waals surface area (Å²) in [6.07, 6.45) is 25.6. The summed E-state index contributed by atoms with van der Waals surface area (Å²) in [5.41, 5.74) is -1.53. The number of unbranched alkanes of at least 4 members (excludes halogenated alkanes) is 12. The molecule has 2 aliphatic heterocycles. The molecular weight excluding hydrogens is 554 g/mol. The number of piperidine rings is 1. The van der Waals surface area contributed by atoms with E-state index in [4.69, 9.17) is 14.2 Å². The van der Waals surface area contributed by atoms with Gasteiger partial charge in [-0.05, 0) is 63.0 Å². The van der Waals surface area contributed by atoms with Crippen LogP contribution in [-0.4, -0.2) is 59.4 Å². The first-order chi connectivity index (χ1) is 21.5. The first-order valence-corrected chi connectivity index (χ1v) is 18.3. The predicted molar refractivity (Wildman–Crippen MR) is 169 cm³/mol. The van der Waals surface area contributed by atoms with E-state index in [9.17, 15) is 14.7 Å². The van der Waals surface area contributed by atoms with Crippen molar-refractivity contribution in [1.82, 2.24) is 4.90 Å². The van der Waals surface area contributed by atoms with Crippen LogP contribution < -0.4 is 0 Å². The van der Waals surface area contributed by atoms with E-state index in [0.717, 1.165) is 44.7 Å². The summed E-state index contributed by atoms with van der Waals surface area (Å²) in [4.78, 5) is 28.2. The highest BCUT2D eigenvalue weighted by Crippen LogP contribution is 2.69. The Bertz CT molecular complexity index is 1080. The maximum atomic E-state index is 13.3. The number of aliphatic hydroxyl groups is 1. The summed E-state index contributed by atoms with van der Waals surface area (Å²) in [5, 5.41) is 12.4. The highest BCUT2D eigenvalue weighted by Gasteiger charge is 2.77. The third kappa shape index (κ3) is 6.38. The highest BCUT2D eigenvalue weighted by molar-refractivity contribution is 5.87. The number of nitrogens with zero attached hydrogens (tertiary/aromatic N) is 1. The Morgan fingerprint density at radius 3 is 2.36 bits per heavy atom. The van der Waals surface area contributed by atoms with Crippen molar-refractivity contribution in [2.45, 2.75) is 153 Å². The van der Waals surface area contributed by atoms with Crippen LogP contribution in [0.3, 0.4) is 0 Å². The smallest absolute Gasteiger partial charge is 0.308 e. The van der Waals surface area contributed by atoms with Crippen LogP contribution in [0.5, 0.6) is 0 Å². The molecule has 5 fully saturated rings. The van der Waals surface area contributed by atoms with Crippen LogP contribution in [0.1, 0.15) is 135 Å². The number of ketones is 1. The van der Waals surface area contributed by atoms with E-state index in [1.54, 1.807) is 0 Å². The second-order valence-electron chi connectivity index (χ2n) is 14.9. The van der Waals surface area contributed by atoms with Gasteiger partial charge in [0.2, 0.25) is 6.79 Å². The van der Waals surface area contributed by atoms with Gasteiger partial charge in [-0.2, -0.15) is 0 Å². The van der Waals surface area contributed by atoms with Crippen LogP contribution in [0.4, 0.5) is 0 Å². The van der Waals surface area contributed by atoms with Gasteiger partial charge in [-0.3, -0.25) is 14.5 Å². The fourth-order valence-electron chi connectivity index (χ4n) is 9.49. The standard InChI is InChI=1S/C37H57NO6/c1-2-3-4-5-6-7-8-9-10-11-12-13-14-15-32(40)43-26-42-30-19-18-28-24-31-37(41)21-20-29(39)35-36(37,33(28)34(30)44-35)22-23-38(31)25-27-16-17-27/h18-19,27-28,31,33,35,41H,2-17,20-26H2,1H3/t28?,31?,33?,35-,36-,37+/m0/s1. The molecule has 44 heavy (non-hydrogen) atoms. The van der Waals surface area contributed by atoms with Gasteiger partial charge in [-0.25, -0.2) is 0 Å². The zero-order valence-corrected chi connectivity index (χ0v) is 27.2. The fourth-order valence-corrected chi connectivity index (χ4v) is 9.49. The lowest BCUT2D eigenvalue weighted by Gasteiger charge is -2.65. The molecule has 6 atom stereocenters. The van der Waals surface area contributed by atoms with E-state index in [1.807, 2.05) is 6.08 Å². The summed E-state index contributed by atoms with van der Waals surface area (Å²) in [7, 11) is 0. The van der Waals surface area contributed by atoms with Crippen LogP contribution in [0.25, 0.3) is 0 Å². The summed E-state index contributed by atoms with van der Waals surface area (Å²) in [5.74, 6) is 2.02. The molecule has 0 amide bonds. The van der Waals surface area contributed by atoms with Crippen LogP contribution in [0.15, 0.2) is 23.7 Å². The number of esters is 1. The van der Waals surface area contributed by atoms with Crippen LogP contribution in [0, 0.1) is 23.2 Å². The van der Waals surface area contributed by atoms with E-state index in [1.165, 1.54) is 83.5 Å². The maximum Gasteiger partial charge on any atom is 0.308 e. The number of allylic oxidation sites excluding steroid dienone is 3. The van der Waals surface area contributed by atoms with Gasteiger partial charge < -0.3 is 19.3 Å². The van der Waals surface area contributed by atoms with Gasteiger partial charge in [0.15, 0.2) is 17.6 Å². The Morgan fingerprint density at radius 1 is 1.00 bits per heavy atom. The van der Waals surface area contributed by atoms with E-state index in [0.29, 0.717) is 30.8 Å². The molecule has 2 heterocycles. The minimum absolute atomic E-state index is 0.0647. The maximum absolute atomic E-state index is 13.3. The van der Waals surface area contributed by atoms with Gasteiger partial charge in [-0.15, -0.1) is 0 Å². The number of ether oxygens (including phenoxy) is 3. The van der Waals surface area contributed by atoms with Crippen LogP contribution in [0.2, 0.25) is 0 Å². The van der Waals surface area contributed by atoms with Crippen molar-refractivity contribution in [2.24, 2.45) is 23.2 Å². The average molecular weight is 612 g/mol. The Balaban J connectivity index is 0.938. The quantitative estimate of drug-likeness (QED) is 0.0928. The fraction of sp³-hybridized carbons (Fsp3) is 0.838. The number of Topliss-reactive ketones (excluding diaryl/α,β-unsaturated/α-hetero) is 1. The molecule has 0 aromatic carbocycles. The van der Waals surface area contributed by atoms with Gasteiger partial charge >= 0.3 is 5.97 Å². The third-order valence-electron chi connectivity index (χ3n) is 12.0. The molecule has 6 aliphatic rings. The molecule has 0 radical (unpaired) electrons. The van der Waals surface area contributed by atoms with Crippen molar-refractivity contribution in [3.8, 4) is 0 Å². The molecule has 1 spiro atoms. The van der Waals surface area contributed by atoms with Gasteiger partial charge in [-0.1, -0.05) is 90.0 Å². The summed E-state index contributed by atoms with van der Waals surface area (Å²) in [6.45, 7) is 4.08. The Kier molecular flexibility index (Phi) is 10.4. The molecule has 1 N–H and O–H groups in total. The summed E-state index contributed by atoms with van der Waals surface area (Å²) < 4.78 is 17.9. The molecule has 3 unspecified atom stereocenters. The van der Waals surface area contributed by atoms with Crippen molar-refractivity contribution in [2.75, 3.05) is 19.9 Å². The van der Waals surface area contributed by atoms with E-state index < -0.39 is 17.1 Å². The molecule has 246 valence electrons. The second kappa shape index (κ2) is 14.3. The van der Waals surface area contributed by atoms with Crippen molar-refractivity contribution < 1.29 is 28.9 Å². The summed E-state index contributed by atoms with van der Waals surface area (Å²) >= 11 is 0.